The number of furan rings is 1. The molecule has 224 valence electrons. The molecule has 0 aliphatic heterocycles. The predicted octanol–water partition coefficient (Wildman–Crippen LogP) is 11.4. The van der Waals surface area contributed by atoms with Crippen molar-refractivity contribution in [1.29, 1.82) is 0 Å². The van der Waals surface area contributed by atoms with Crippen LogP contribution >= 0.6 is 11.3 Å². The van der Waals surface area contributed by atoms with Crippen LogP contribution in [-0.4, -0.2) is 19.9 Å². The number of para-hydroxylation sites is 1. The topological polar surface area (TPSA) is 64.7 Å². The minimum atomic E-state index is 0.577. The first-order chi connectivity index (χ1) is 23.8. The van der Waals surface area contributed by atoms with E-state index in [0.717, 1.165) is 55.1 Å². The van der Waals surface area contributed by atoms with Crippen LogP contribution in [0.4, 0.5) is 0 Å². The van der Waals surface area contributed by atoms with Crippen LogP contribution < -0.4 is 0 Å². The van der Waals surface area contributed by atoms with Crippen molar-refractivity contribution < 1.29 is 4.42 Å². The first-order valence-corrected chi connectivity index (χ1v) is 16.6. The molecule has 0 unspecified atom stereocenters. The average Bonchev–Trinajstić information content (AvgIpc) is 3.72. The second-order valence-electron chi connectivity index (χ2n) is 11.8. The number of hydrogen-bond acceptors (Lipinski definition) is 6. The van der Waals surface area contributed by atoms with Gasteiger partial charge in [-0.1, -0.05) is 109 Å². The van der Waals surface area contributed by atoms with Gasteiger partial charge in [0.2, 0.25) is 5.71 Å². The summed E-state index contributed by atoms with van der Waals surface area (Å²) in [6.07, 6.45) is 0. The second kappa shape index (κ2) is 10.7. The minimum Gasteiger partial charge on any atom is -0.438 e. The van der Waals surface area contributed by atoms with Crippen LogP contribution in [0.5, 0.6) is 0 Å². The van der Waals surface area contributed by atoms with Gasteiger partial charge in [0.15, 0.2) is 17.5 Å². The third kappa shape index (κ3) is 4.31. The van der Waals surface area contributed by atoms with Crippen LogP contribution in [0.2, 0.25) is 0 Å². The summed E-state index contributed by atoms with van der Waals surface area (Å²) in [7, 11) is 0. The molecule has 6 aromatic carbocycles. The zero-order valence-corrected chi connectivity index (χ0v) is 26.3. The van der Waals surface area contributed by atoms with Gasteiger partial charge in [0, 0.05) is 53.0 Å². The van der Waals surface area contributed by atoms with Gasteiger partial charge in [0.05, 0.1) is 5.52 Å². The second-order valence-corrected chi connectivity index (χ2v) is 12.9. The number of rotatable bonds is 4. The van der Waals surface area contributed by atoms with Crippen LogP contribution in [0.25, 0.3) is 98.4 Å². The van der Waals surface area contributed by atoms with Gasteiger partial charge in [0.25, 0.3) is 0 Å². The molecule has 4 aromatic heterocycles. The zero-order valence-electron chi connectivity index (χ0n) is 25.5. The molecule has 5 nitrogen and oxygen atoms in total. The number of aromatic nitrogens is 4. The molecule has 6 heteroatoms. The lowest BCUT2D eigenvalue weighted by atomic mass is 9.95. The van der Waals surface area contributed by atoms with E-state index in [0.29, 0.717) is 23.2 Å². The number of pyridine rings is 1. The molecule has 10 rings (SSSR count). The van der Waals surface area contributed by atoms with Crippen molar-refractivity contribution in [1.82, 2.24) is 19.9 Å². The fourth-order valence-electron chi connectivity index (χ4n) is 6.71. The molecule has 0 aliphatic carbocycles. The summed E-state index contributed by atoms with van der Waals surface area (Å²) in [5.74, 6) is 1.80. The Bertz CT molecular complexity index is 2780. The van der Waals surface area contributed by atoms with Crippen LogP contribution in [0.15, 0.2) is 150 Å². The minimum absolute atomic E-state index is 0.577. The SMILES string of the molecule is c1ccc(-c2nc(-c3ccccc3)nc(-c3cc(-c4cccc5sc6ccccc6c45)cc4oc5nc6ccccc6cc5c34)n2)cc1. The van der Waals surface area contributed by atoms with E-state index < -0.39 is 0 Å². The largest absolute Gasteiger partial charge is 0.438 e. The fourth-order valence-corrected chi connectivity index (χ4v) is 7.84. The summed E-state index contributed by atoms with van der Waals surface area (Å²) in [4.78, 5) is 20.2. The van der Waals surface area contributed by atoms with E-state index in [-0.39, 0.29) is 0 Å². The molecule has 10 aromatic rings. The van der Waals surface area contributed by atoms with Crippen LogP contribution in [0.1, 0.15) is 0 Å². The number of thiophene rings is 1. The van der Waals surface area contributed by atoms with Gasteiger partial charge in [-0.15, -0.1) is 11.3 Å². The third-order valence-electron chi connectivity index (χ3n) is 8.92. The highest BCUT2D eigenvalue weighted by Crippen LogP contribution is 2.44. The van der Waals surface area contributed by atoms with Crippen LogP contribution in [-0.2, 0) is 0 Å². The van der Waals surface area contributed by atoms with E-state index in [1.54, 1.807) is 0 Å². The Kier molecular flexibility index (Phi) is 5.98. The van der Waals surface area contributed by atoms with Gasteiger partial charge >= 0.3 is 0 Å². The van der Waals surface area contributed by atoms with Gasteiger partial charge in [-0.25, -0.2) is 19.9 Å². The third-order valence-corrected chi connectivity index (χ3v) is 10.1. The molecule has 0 N–H and O–H groups in total. The van der Waals surface area contributed by atoms with E-state index in [2.05, 4.69) is 66.7 Å². The van der Waals surface area contributed by atoms with Crippen LogP contribution in [0, 0.1) is 0 Å². The summed E-state index contributed by atoms with van der Waals surface area (Å²) in [5, 5.41) is 5.37. The molecule has 0 saturated heterocycles. The Morgan fingerprint density at radius 3 is 1.90 bits per heavy atom. The van der Waals surface area contributed by atoms with Crippen molar-refractivity contribution in [2.75, 3.05) is 0 Å². The maximum Gasteiger partial charge on any atom is 0.227 e. The van der Waals surface area contributed by atoms with Crippen molar-refractivity contribution in [3.8, 4) is 45.3 Å². The van der Waals surface area contributed by atoms with Crippen molar-refractivity contribution in [2.24, 2.45) is 0 Å². The normalized spacial score (nSPS) is 11.8. The van der Waals surface area contributed by atoms with Gasteiger partial charge in [-0.05, 0) is 47.5 Å². The Balaban J connectivity index is 1.32. The standard InChI is InChI=1S/C42H24N4OS/c1-3-12-25(13-4-1)39-44-40(26-14-5-2-6-15-26)46-41(45-39)31-23-28(29-18-11-21-36-38(29)30-17-8-10-20-35(30)48-36)24-34-37(31)32-22-27-16-7-9-19-33(27)43-42(32)47-34/h1-24H. The number of fused-ring (bicyclic) bond motifs is 7. The van der Waals surface area contributed by atoms with E-state index in [1.165, 1.54) is 20.2 Å². The molecule has 0 bridgehead atoms. The van der Waals surface area contributed by atoms with Crippen molar-refractivity contribution in [2.45, 2.75) is 0 Å². The summed E-state index contributed by atoms with van der Waals surface area (Å²) in [6, 6.07) is 49.9. The van der Waals surface area contributed by atoms with Crippen molar-refractivity contribution in [3.63, 3.8) is 0 Å². The maximum atomic E-state index is 6.62. The molecular formula is C42H24N4OS. The molecule has 0 spiro atoms. The molecule has 0 radical (unpaired) electrons. The Morgan fingerprint density at radius 2 is 1.10 bits per heavy atom. The highest BCUT2D eigenvalue weighted by molar-refractivity contribution is 7.25. The van der Waals surface area contributed by atoms with Gasteiger partial charge in [-0.2, -0.15) is 0 Å². The van der Waals surface area contributed by atoms with Crippen molar-refractivity contribution in [3.05, 3.63) is 146 Å². The van der Waals surface area contributed by atoms with E-state index in [1.807, 2.05) is 90.2 Å². The predicted molar refractivity (Wildman–Crippen MR) is 197 cm³/mol. The highest BCUT2D eigenvalue weighted by atomic mass is 32.1. The lowest BCUT2D eigenvalue weighted by molar-refractivity contribution is 0.656. The van der Waals surface area contributed by atoms with Crippen LogP contribution in [0.3, 0.4) is 0 Å². The first-order valence-electron chi connectivity index (χ1n) is 15.8. The van der Waals surface area contributed by atoms with Gasteiger partial charge in [-0.3, -0.25) is 0 Å². The van der Waals surface area contributed by atoms with E-state index in [9.17, 15) is 0 Å². The van der Waals surface area contributed by atoms with Crippen molar-refractivity contribution >= 4 is 64.5 Å². The Hall–Kier alpha value is -6.24. The molecule has 4 heterocycles. The Morgan fingerprint density at radius 1 is 0.438 bits per heavy atom. The number of nitrogens with zero attached hydrogens (tertiary/aromatic N) is 4. The summed E-state index contributed by atoms with van der Waals surface area (Å²) < 4.78 is 9.12. The monoisotopic (exact) mass is 632 g/mol. The first kappa shape index (κ1) is 26.9. The molecule has 0 fully saturated rings. The summed E-state index contributed by atoms with van der Waals surface area (Å²) in [6.45, 7) is 0. The molecular weight excluding hydrogens is 609 g/mol. The van der Waals surface area contributed by atoms with E-state index >= 15 is 0 Å². The average molecular weight is 633 g/mol. The van der Waals surface area contributed by atoms with Gasteiger partial charge < -0.3 is 4.42 Å². The maximum absolute atomic E-state index is 6.62. The molecule has 0 amide bonds. The Labute approximate surface area is 278 Å². The number of hydrogen-bond donors (Lipinski definition) is 0. The lowest BCUT2D eigenvalue weighted by Gasteiger charge is -2.12. The summed E-state index contributed by atoms with van der Waals surface area (Å²) >= 11 is 1.81. The molecule has 0 atom stereocenters. The van der Waals surface area contributed by atoms with E-state index in [4.69, 9.17) is 24.4 Å². The lowest BCUT2D eigenvalue weighted by Crippen LogP contribution is -2.00. The highest BCUT2D eigenvalue weighted by Gasteiger charge is 2.22. The molecule has 0 aliphatic rings. The zero-order chi connectivity index (χ0) is 31.6. The fraction of sp³-hybridized carbons (Fsp3) is 0. The van der Waals surface area contributed by atoms with Gasteiger partial charge in [0.1, 0.15) is 5.58 Å². The molecule has 0 saturated carbocycles. The summed E-state index contributed by atoms with van der Waals surface area (Å²) in [5.41, 5.74) is 7.08. The quantitative estimate of drug-likeness (QED) is 0.193. The smallest absolute Gasteiger partial charge is 0.227 e. The number of benzene rings is 6. The molecule has 48 heavy (non-hydrogen) atoms.